The van der Waals surface area contributed by atoms with Crippen LogP contribution in [0.5, 0.6) is 0 Å². The van der Waals surface area contributed by atoms with E-state index < -0.39 is 0 Å². The van der Waals surface area contributed by atoms with Gasteiger partial charge in [-0.3, -0.25) is 4.79 Å². The lowest BCUT2D eigenvalue weighted by molar-refractivity contribution is -0.104. The highest BCUT2D eigenvalue weighted by atomic mass is 16.1. The van der Waals surface area contributed by atoms with Crippen LogP contribution in [0.25, 0.3) is 0 Å². The monoisotopic (exact) mass is 149 g/mol. The van der Waals surface area contributed by atoms with Crippen molar-refractivity contribution < 1.29 is 4.79 Å². The third-order valence-electron chi connectivity index (χ3n) is 1.34. The van der Waals surface area contributed by atoms with Crippen molar-refractivity contribution in [2.75, 3.05) is 14.1 Å². The number of carbonyl (C=O) groups excluding carboxylic acids is 1. The molecule has 11 heavy (non-hydrogen) atoms. The highest BCUT2D eigenvalue weighted by molar-refractivity contribution is 5.81. The molecule has 0 aliphatic heterocycles. The summed E-state index contributed by atoms with van der Waals surface area (Å²) in [5.74, 6) is 0. The molecule has 1 aliphatic carbocycles. The Morgan fingerprint density at radius 3 is 2.55 bits per heavy atom. The van der Waals surface area contributed by atoms with Crippen LogP contribution in [0.15, 0.2) is 35.6 Å². The van der Waals surface area contributed by atoms with E-state index in [1.807, 2.05) is 43.4 Å². The average molecular weight is 149 g/mol. The number of carbonyl (C=O) groups is 1. The van der Waals surface area contributed by atoms with Crippen molar-refractivity contribution in [1.29, 1.82) is 0 Å². The summed E-state index contributed by atoms with van der Waals surface area (Å²) in [6, 6.07) is 0. The number of aldehydes is 1. The van der Waals surface area contributed by atoms with E-state index in [9.17, 15) is 4.79 Å². The van der Waals surface area contributed by atoms with Gasteiger partial charge in [-0.25, -0.2) is 0 Å². The van der Waals surface area contributed by atoms with Crippen LogP contribution >= 0.6 is 0 Å². The first kappa shape index (κ1) is 7.79. The first-order valence-electron chi connectivity index (χ1n) is 3.45. The number of allylic oxidation sites excluding steroid dienone is 5. The van der Waals surface area contributed by atoms with Crippen LogP contribution in [0.2, 0.25) is 0 Å². The maximum Gasteiger partial charge on any atom is 0.150 e. The molecule has 0 saturated heterocycles. The summed E-state index contributed by atoms with van der Waals surface area (Å²) in [7, 11) is 3.90. The van der Waals surface area contributed by atoms with Gasteiger partial charge < -0.3 is 4.90 Å². The summed E-state index contributed by atoms with van der Waals surface area (Å²) in [5.41, 5.74) is 1.80. The summed E-state index contributed by atoms with van der Waals surface area (Å²) in [6.45, 7) is 0. The highest BCUT2D eigenvalue weighted by Gasteiger charge is 1.99. The normalized spacial score (nSPS) is 18.7. The molecule has 0 aromatic heterocycles. The van der Waals surface area contributed by atoms with Crippen LogP contribution in [-0.2, 0) is 4.79 Å². The van der Waals surface area contributed by atoms with E-state index in [0.717, 1.165) is 17.4 Å². The van der Waals surface area contributed by atoms with Gasteiger partial charge in [0.25, 0.3) is 0 Å². The third kappa shape index (κ3) is 2.08. The molecule has 0 aromatic rings. The number of hydrogen-bond acceptors (Lipinski definition) is 2. The fourth-order valence-corrected chi connectivity index (χ4v) is 0.933. The first-order valence-corrected chi connectivity index (χ1v) is 3.45. The number of hydrogen-bond donors (Lipinski definition) is 0. The Morgan fingerprint density at radius 2 is 2.09 bits per heavy atom. The Morgan fingerprint density at radius 1 is 1.36 bits per heavy atom. The molecule has 0 heterocycles. The van der Waals surface area contributed by atoms with Crippen molar-refractivity contribution in [2.45, 2.75) is 0 Å². The fourth-order valence-electron chi connectivity index (χ4n) is 0.933. The summed E-state index contributed by atoms with van der Waals surface area (Å²) in [4.78, 5) is 12.2. The molecule has 0 atom stereocenters. The van der Waals surface area contributed by atoms with Crippen LogP contribution in [0.4, 0.5) is 0 Å². The minimum atomic E-state index is 0.734. The zero-order valence-corrected chi connectivity index (χ0v) is 6.74. The van der Waals surface area contributed by atoms with E-state index in [-0.39, 0.29) is 0 Å². The minimum absolute atomic E-state index is 0.734. The Labute approximate surface area is 66.5 Å². The quantitative estimate of drug-likeness (QED) is 0.548. The molecule has 2 nitrogen and oxygen atoms in total. The largest absolute Gasteiger partial charge is 0.383 e. The summed E-state index contributed by atoms with van der Waals surface area (Å²) in [5, 5.41) is 0. The lowest BCUT2D eigenvalue weighted by atomic mass is 10.3. The van der Waals surface area contributed by atoms with Crippen molar-refractivity contribution in [1.82, 2.24) is 4.90 Å². The molecule has 1 rings (SSSR count). The fraction of sp³-hybridized carbons (Fsp3) is 0.222. The van der Waals surface area contributed by atoms with Gasteiger partial charge in [0.1, 0.15) is 6.29 Å². The van der Waals surface area contributed by atoms with Crippen LogP contribution in [0.3, 0.4) is 0 Å². The second-order valence-electron chi connectivity index (χ2n) is 2.69. The Balaban J connectivity index is 2.75. The smallest absolute Gasteiger partial charge is 0.150 e. The zero-order chi connectivity index (χ0) is 8.27. The highest BCUT2D eigenvalue weighted by Crippen LogP contribution is 2.12. The predicted molar refractivity (Wildman–Crippen MR) is 45.1 cm³/mol. The van der Waals surface area contributed by atoms with Gasteiger partial charge in [-0.05, 0) is 11.6 Å². The van der Waals surface area contributed by atoms with E-state index in [0.29, 0.717) is 0 Å². The molecule has 0 aromatic carbocycles. The second kappa shape index (κ2) is 3.19. The van der Waals surface area contributed by atoms with Crippen LogP contribution in [0, 0.1) is 0 Å². The third-order valence-corrected chi connectivity index (χ3v) is 1.34. The van der Waals surface area contributed by atoms with Crippen LogP contribution in [-0.4, -0.2) is 25.3 Å². The van der Waals surface area contributed by atoms with Gasteiger partial charge >= 0.3 is 0 Å². The van der Waals surface area contributed by atoms with Gasteiger partial charge in [0.2, 0.25) is 0 Å². The van der Waals surface area contributed by atoms with Crippen molar-refractivity contribution in [3.63, 3.8) is 0 Å². The standard InChI is InChI=1S/C9H11NO/c1-10(2)6-8-3-4-9(5-8)7-11/h3-7H,1-2H3/b8-6-. The minimum Gasteiger partial charge on any atom is -0.383 e. The molecule has 0 bridgehead atoms. The van der Waals surface area contributed by atoms with Crippen molar-refractivity contribution in [2.24, 2.45) is 0 Å². The summed E-state index contributed by atoms with van der Waals surface area (Å²) < 4.78 is 0. The molecular weight excluding hydrogens is 138 g/mol. The lowest BCUT2D eigenvalue weighted by Gasteiger charge is -2.03. The molecule has 2 heteroatoms. The molecule has 1 aliphatic rings. The van der Waals surface area contributed by atoms with Gasteiger partial charge in [0.05, 0.1) is 0 Å². The molecule has 0 fully saturated rings. The van der Waals surface area contributed by atoms with Crippen LogP contribution in [0.1, 0.15) is 0 Å². The Kier molecular flexibility index (Phi) is 2.26. The summed E-state index contributed by atoms with van der Waals surface area (Å²) in [6.07, 6.45) is 8.40. The Hall–Kier alpha value is -1.31. The van der Waals surface area contributed by atoms with E-state index in [2.05, 4.69) is 0 Å². The van der Waals surface area contributed by atoms with E-state index >= 15 is 0 Å². The van der Waals surface area contributed by atoms with Gasteiger partial charge in [-0.15, -0.1) is 0 Å². The van der Waals surface area contributed by atoms with Gasteiger partial charge in [0.15, 0.2) is 0 Å². The molecule has 0 radical (unpaired) electrons. The molecule has 0 saturated carbocycles. The molecule has 0 N–H and O–H groups in total. The SMILES string of the molecule is CN(C)/C=C1/C=CC(C=O)=C1. The molecule has 0 amide bonds. The maximum atomic E-state index is 10.3. The Bertz CT molecular complexity index is 246. The van der Waals surface area contributed by atoms with Crippen LogP contribution < -0.4 is 0 Å². The van der Waals surface area contributed by atoms with Gasteiger partial charge in [-0.2, -0.15) is 0 Å². The van der Waals surface area contributed by atoms with E-state index in [1.54, 1.807) is 0 Å². The van der Waals surface area contributed by atoms with Crippen molar-refractivity contribution in [3.05, 3.63) is 35.6 Å². The predicted octanol–water partition coefficient (Wildman–Crippen LogP) is 1.13. The zero-order valence-electron chi connectivity index (χ0n) is 6.74. The van der Waals surface area contributed by atoms with Crippen molar-refractivity contribution in [3.8, 4) is 0 Å². The van der Waals surface area contributed by atoms with E-state index in [1.165, 1.54) is 0 Å². The number of rotatable bonds is 2. The van der Waals surface area contributed by atoms with Gasteiger partial charge in [-0.1, -0.05) is 12.2 Å². The molecule has 0 spiro atoms. The summed E-state index contributed by atoms with van der Waals surface area (Å²) >= 11 is 0. The lowest BCUT2D eigenvalue weighted by Crippen LogP contribution is -2.01. The average Bonchev–Trinajstić information content (AvgIpc) is 2.34. The maximum absolute atomic E-state index is 10.3. The van der Waals surface area contributed by atoms with Gasteiger partial charge in [0, 0.05) is 25.9 Å². The molecular formula is C9H11NO. The topological polar surface area (TPSA) is 20.3 Å². The second-order valence-corrected chi connectivity index (χ2v) is 2.69. The van der Waals surface area contributed by atoms with E-state index in [4.69, 9.17) is 0 Å². The first-order chi connectivity index (χ1) is 5.22. The molecule has 58 valence electrons. The molecule has 0 unspecified atom stereocenters. The van der Waals surface area contributed by atoms with Crippen molar-refractivity contribution >= 4 is 6.29 Å². The number of nitrogens with zero attached hydrogens (tertiary/aromatic N) is 1.